The van der Waals surface area contributed by atoms with E-state index in [2.05, 4.69) is 93.6 Å². The number of aromatic nitrogens is 3. The highest BCUT2D eigenvalue weighted by Crippen LogP contribution is 2.30. The molecule has 5 rings (SSSR count). The van der Waals surface area contributed by atoms with Gasteiger partial charge in [-0.05, 0) is 34.4 Å². The van der Waals surface area contributed by atoms with Crippen LogP contribution in [0.1, 0.15) is 26.6 Å². The van der Waals surface area contributed by atoms with Crippen LogP contribution in [0, 0.1) is 0 Å². The van der Waals surface area contributed by atoms with Gasteiger partial charge in [-0.15, -0.1) is 0 Å². The zero-order chi connectivity index (χ0) is 23.5. The SMILES string of the molecule is CC(C)(C)c1nc(-c2ccccc2)nc(-c2cccc(-c3cccc(-c4ccccc4)c3)c2)n1. The van der Waals surface area contributed by atoms with Gasteiger partial charge in [-0.1, -0.05) is 118 Å². The van der Waals surface area contributed by atoms with Gasteiger partial charge in [-0.2, -0.15) is 0 Å². The molecular weight excluding hydrogens is 414 g/mol. The predicted octanol–water partition coefficient (Wildman–Crippen LogP) is 7.84. The van der Waals surface area contributed by atoms with Crippen LogP contribution in [0.3, 0.4) is 0 Å². The molecule has 0 saturated heterocycles. The summed E-state index contributed by atoms with van der Waals surface area (Å²) in [5.41, 5.74) is 6.48. The number of hydrogen-bond donors (Lipinski definition) is 0. The highest BCUT2D eigenvalue weighted by atomic mass is 15.0. The second-order valence-corrected chi connectivity index (χ2v) is 9.45. The third-order valence-electron chi connectivity index (χ3n) is 5.76. The minimum Gasteiger partial charge on any atom is -0.212 e. The van der Waals surface area contributed by atoms with Crippen molar-refractivity contribution >= 4 is 0 Å². The Hall–Kier alpha value is -4.11. The molecule has 0 radical (unpaired) electrons. The Balaban J connectivity index is 1.59. The summed E-state index contributed by atoms with van der Waals surface area (Å²) in [5.74, 6) is 2.18. The van der Waals surface area contributed by atoms with Crippen molar-refractivity contribution in [1.82, 2.24) is 15.0 Å². The van der Waals surface area contributed by atoms with E-state index in [0.717, 1.165) is 28.1 Å². The molecule has 34 heavy (non-hydrogen) atoms. The van der Waals surface area contributed by atoms with Gasteiger partial charge in [0.25, 0.3) is 0 Å². The molecule has 5 aromatic rings. The summed E-state index contributed by atoms with van der Waals surface area (Å²) in [4.78, 5) is 14.5. The summed E-state index contributed by atoms with van der Waals surface area (Å²) in [7, 11) is 0. The first kappa shape index (κ1) is 21.7. The molecule has 3 nitrogen and oxygen atoms in total. The maximum Gasteiger partial charge on any atom is 0.163 e. The van der Waals surface area contributed by atoms with E-state index in [4.69, 9.17) is 15.0 Å². The maximum absolute atomic E-state index is 4.88. The highest BCUT2D eigenvalue weighted by Gasteiger charge is 2.21. The highest BCUT2D eigenvalue weighted by molar-refractivity contribution is 5.76. The topological polar surface area (TPSA) is 38.7 Å². The molecule has 1 heterocycles. The van der Waals surface area contributed by atoms with Gasteiger partial charge in [0.2, 0.25) is 0 Å². The normalized spacial score (nSPS) is 11.4. The van der Waals surface area contributed by atoms with Crippen LogP contribution < -0.4 is 0 Å². The molecule has 0 spiro atoms. The Bertz CT molecular complexity index is 1420. The van der Waals surface area contributed by atoms with Crippen LogP contribution in [0.5, 0.6) is 0 Å². The van der Waals surface area contributed by atoms with E-state index in [1.807, 2.05) is 36.4 Å². The molecule has 0 N–H and O–H groups in total. The second-order valence-electron chi connectivity index (χ2n) is 9.45. The zero-order valence-corrected chi connectivity index (χ0v) is 19.7. The average molecular weight is 442 g/mol. The van der Waals surface area contributed by atoms with Gasteiger partial charge in [0, 0.05) is 16.5 Å². The zero-order valence-electron chi connectivity index (χ0n) is 19.7. The van der Waals surface area contributed by atoms with E-state index in [9.17, 15) is 0 Å². The number of rotatable bonds is 4. The van der Waals surface area contributed by atoms with Gasteiger partial charge in [0.05, 0.1) is 0 Å². The molecule has 0 amide bonds. The van der Waals surface area contributed by atoms with Gasteiger partial charge < -0.3 is 0 Å². The smallest absolute Gasteiger partial charge is 0.163 e. The first-order valence-corrected chi connectivity index (χ1v) is 11.6. The van der Waals surface area contributed by atoms with E-state index in [1.54, 1.807) is 0 Å². The van der Waals surface area contributed by atoms with Gasteiger partial charge in [0.1, 0.15) is 5.82 Å². The summed E-state index contributed by atoms with van der Waals surface area (Å²) in [6.07, 6.45) is 0. The standard InChI is InChI=1S/C31H27N3/c1-31(2,3)30-33-28(23-14-8-5-9-15-23)32-29(34-30)27-19-11-18-26(21-27)25-17-10-16-24(20-25)22-12-6-4-7-13-22/h4-21H,1-3H3. The van der Waals surface area contributed by atoms with Crippen molar-refractivity contribution in [2.45, 2.75) is 26.2 Å². The van der Waals surface area contributed by atoms with Crippen LogP contribution in [0.4, 0.5) is 0 Å². The van der Waals surface area contributed by atoms with E-state index in [1.165, 1.54) is 11.1 Å². The van der Waals surface area contributed by atoms with Gasteiger partial charge >= 0.3 is 0 Å². The van der Waals surface area contributed by atoms with Gasteiger partial charge in [0.15, 0.2) is 11.6 Å². The largest absolute Gasteiger partial charge is 0.212 e. The Labute approximate surface area is 201 Å². The molecular formula is C31H27N3. The molecule has 1 aromatic heterocycles. The fraction of sp³-hybridized carbons (Fsp3) is 0.129. The summed E-state index contributed by atoms with van der Waals surface area (Å²) in [6, 6.07) is 37.6. The Morgan fingerprint density at radius 2 is 0.824 bits per heavy atom. The maximum atomic E-state index is 4.88. The fourth-order valence-electron chi connectivity index (χ4n) is 3.90. The Kier molecular flexibility index (Phi) is 5.77. The lowest BCUT2D eigenvalue weighted by molar-refractivity contribution is 0.543. The van der Waals surface area contributed by atoms with Crippen LogP contribution in [0.2, 0.25) is 0 Å². The third-order valence-corrected chi connectivity index (χ3v) is 5.76. The van der Waals surface area contributed by atoms with Crippen molar-refractivity contribution in [2.24, 2.45) is 0 Å². The molecule has 0 atom stereocenters. The molecule has 0 bridgehead atoms. The first-order valence-electron chi connectivity index (χ1n) is 11.6. The quantitative estimate of drug-likeness (QED) is 0.285. The predicted molar refractivity (Wildman–Crippen MR) is 140 cm³/mol. The van der Waals surface area contributed by atoms with Crippen molar-refractivity contribution < 1.29 is 0 Å². The Morgan fingerprint density at radius 3 is 1.38 bits per heavy atom. The third kappa shape index (κ3) is 4.65. The number of nitrogens with zero attached hydrogens (tertiary/aromatic N) is 3. The van der Waals surface area contributed by atoms with Gasteiger partial charge in [-0.3, -0.25) is 0 Å². The minimum atomic E-state index is -0.192. The van der Waals surface area contributed by atoms with Crippen LogP contribution >= 0.6 is 0 Å². The molecule has 0 unspecified atom stereocenters. The summed E-state index contributed by atoms with van der Waals surface area (Å²) in [5, 5.41) is 0. The summed E-state index contributed by atoms with van der Waals surface area (Å²) >= 11 is 0. The van der Waals surface area contributed by atoms with Crippen molar-refractivity contribution in [2.75, 3.05) is 0 Å². The molecule has 0 aliphatic rings. The number of benzene rings is 4. The molecule has 4 aromatic carbocycles. The van der Waals surface area contributed by atoms with Crippen molar-refractivity contribution in [3.05, 3.63) is 115 Å². The lowest BCUT2D eigenvalue weighted by Crippen LogP contribution is -2.18. The summed E-state index contributed by atoms with van der Waals surface area (Å²) in [6.45, 7) is 6.39. The van der Waals surface area contributed by atoms with E-state index in [0.29, 0.717) is 11.6 Å². The monoisotopic (exact) mass is 441 g/mol. The summed E-state index contributed by atoms with van der Waals surface area (Å²) < 4.78 is 0. The van der Waals surface area contributed by atoms with E-state index < -0.39 is 0 Å². The second kappa shape index (κ2) is 9.03. The molecule has 0 saturated carbocycles. The first-order chi connectivity index (χ1) is 16.5. The molecule has 0 fully saturated rings. The van der Waals surface area contributed by atoms with Crippen LogP contribution in [-0.4, -0.2) is 15.0 Å². The molecule has 166 valence electrons. The van der Waals surface area contributed by atoms with Gasteiger partial charge in [-0.25, -0.2) is 15.0 Å². The fourth-order valence-corrected chi connectivity index (χ4v) is 3.90. The lowest BCUT2D eigenvalue weighted by atomic mass is 9.95. The minimum absolute atomic E-state index is 0.192. The average Bonchev–Trinajstić information content (AvgIpc) is 2.89. The van der Waals surface area contributed by atoms with Crippen LogP contribution in [0.15, 0.2) is 109 Å². The number of hydrogen-bond acceptors (Lipinski definition) is 3. The van der Waals surface area contributed by atoms with Crippen molar-refractivity contribution in [1.29, 1.82) is 0 Å². The Morgan fingerprint density at radius 1 is 0.412 bits per heavy atom. The van der Waals surface area contributed by atoms with E-state index in [-0.39, 0.29) is 5.41 Å². The molecule has 0 aliphatic heterocycles. The van der Waals surface area contributed by atoms with Crippen molar-refractivity contribution in [3.63, 3.8) is 0 Å². The van der Waals surface area contributed by atoms with Crippen LogP contribution in [0.25, 0.3) is 45.0 Å². The van der Waals surface area contributed by atoms with Crippen LogP contribution in [-0.2, 0) is 5.41 Å². The van der Waals surface area contributed by atoms with E-state index >= 15 is 0 Å². The van der Waals surface area contributed by atoms with Crippen molar-refractivity contribution in [3.8, 4) is 45.0 Å². The molecule has 0 aliphatic carbocycles. The molecule has 3 heteroatoms. The lowest BCUT2D eigenvalue weighted by Gasteiger charge is -2.18.